The first-order chi connectivity index (χ1) is 11.7. The average molecular weight is 323 g/mol. The Labute approximate surface area is 144 Å². The number of esters is 1. The molecule has 1 saturated heterocycles. The second-order valence-corrected chi connectivity index (χ2v) is 6.30. The number of benzene rings is 2. The summed E-state index contributed by atoms with van der Waals surface area (Å²) >= 11 is 0. The first-order valence-electron chi connectivity index (χ1n) is 8.77. The highest BCUT2D eigenvalue weighted by Crippen LogP contribution is 2.46. The Morgan fingerprint density at radius 2 is 1.42 bits per heavy atom. The second kappa shape index (κ2) is 7.63. The standard InChI is InChI=1S/C21H25NO2/c1-3-22(4-2)15-18-19(16-11-7-5-8-12-16)20(24-21(18)23)17-13-9-6-10-14-17/h5-14,18-20H,3-4,15H2,1-2H3/t18-,19-,20+/m1/s1. The van der Waals surface area contributed by atoms with Crippen LogP contribution in [0.4, 0.5) is 0 Å². The number of cyclic esters (lactones) is 1. The molecule has 0 N–H and O–H groups in total. The van der Waals surface area contributed by atoms with Gasteiger partial charge in [0.25, 0.3) is 0 Å². The maximum atomic E-state index is 12.7. The molecule has 0 radical (unpaired) electrons. The lowest BCUT2D eigenvalue weighted by Crippen LogP contribution is -2.33. The summed E-state index contributed by atoms with van der Waals surface area (Å²) in [6, 6.07) is 20.4. The monoisotopic (exact) mass is 323 g/mol. The number of rotatable bonds is 6. The van der Waals surface area contributed by atoms with Gasteiger partial charge in [0.05, 0.1) is 5.92 Å². The molecule has 0 amide bonds. The summed E-state index contributed by atoms with van der Waals surface area (Å²) in [5.41, 5.74) is 2.25. The molecule has 3 atom stereocenters. The van der Waals surface area contributed by atoms with Gasteiger partial charge in [0, 0.05) is 12.5 Å². The van der Waals surface area contributed by atoms with Gasteiger partial charge in [-0.1, -0.05) is 74.5 Å². The van der Waals surface area contributed by atoms with Crippen molar-refractivity contribution in [1.82, 2.24) is 4.90 Å². The van der Waals surface area contributed by atoms with Gasteiger partial charge in [-0.3, -0.25) is 4.79 Å². The number of hydrogen-bond donors (Lipinski definition) is 0. The average Bonchev–Trinajstić information content (AvgIpc) is 2.97. The molecule has 1 aliphatic heterocycles. The molecule has 3 heteroatoms. The quantitative estimate of drug-likeness (QED) is 0.752. The van der Waals surface area contributed by atoms with E-state index in [9.17, 15) is 4.79 Å². The molecule has 0 unspecified atom stereocenters. The Kier molecular flexibility index (Phi) is 5.31. The van der Waals surface area contributed by atoms with Crippen molar-refractivity contribution >= 4 is 5.97 Å². The van der Waals surface area contributed by atoms with Gasteiger partial charge in [-0.25, -0.2) is 0 Å². The van der Waals surface area contributed by atoms with Gasteiger partial charge in [0.1, 0.15) is 6.10 Å². The van der Waals surface area contributed by atoms with E-state index in [1.165, 1.54) is 5.56 Å². The zero-order valence-electron chi connectivity index (χ0n) is 14.4. The first-order valence-corrected chi connectivity index (χ1v) is 8.77. The van der Waals surface area contributed by atoms with E-state index in [1.807, 2.05) is 48.5 Å². The van der Waals surface area contributed by atoms with Crippen molar-refractivity contribution < 1.29 is 9.53 Å². The Bertz CT molecular complexity index is 652. The number of hydrogen-bond acceptors (Lipinski definition) is 3. The maximum Gasteiger partial charge on any atom is 0.311 e. The molecule has 0 bridgehead atoms. The van der Waals surface area contributed by atoms with E-state index >= 15 is 0 Å². The zero-order valence-corrected chi connectivity index (χ0v) is 14.4. The van der Waals surface area contributed by atoms with Crippen LogP contribution in [0.3, 0.4) is 0 Å². The fraction of sp³-hybridized carbons (Fsp3) is 0.381. The summed E-state index contributed by atoms with van der Waals surface area (Å²) in [5.74, 6) is -0.149. The smallest absolute Gasteiger partial charge is 0.311 e. The largest absolute Gasteiger partial charge is 0.457 e. The van der Waals surface area contributed by atoms with Crippen molar-refractivity contribution in [2.24, 2.45) is 5.92 Å². The van der Waals surface area contributed by atoms with E-state index in [-0.39, 0.29) is 23.9 Å². The molecule has 0 saturated carbocycles. The molecule has 2 aromatic rings. The Morgan fingerprint density at radius 3 is 1.96 bits per heavy atom. The molecule has 3 rings (SSSR count). The van der Waals surface area contributed by atoms with Gasteiger partial charge < -0.3 is 9.64 Å². The number of ether oxygens (including phenoxy) is 1. The van der Waals surface area contributed by atoms with Crippen LogP contribution in [0.1, 0.15) is 37.0 Å². The number of carbonyl (C=O) groups excluding carboxylic acids is 1. The van der Waals surface area contributed by atoms with Crippen LogP contribution in [-0.2, 0) is 9.53 Å². The Hall–Kier alpha value is -2.13. The van der Waals surface area contributed by atoms with E-state index < -0.39 is 0 Å². The van der Waals surface area contributed by atoms with E-state index in [2.05, 4.69) is 30.9 Å². The molecule has 0 aromatic heterocycles. The van der Waals surface area contributed by atoms with Crippen molar-refractivity contribution in [3.8, 4) is 0 Å². The van der Waals surface area contributed by atoms with Gasteiger partial charge in [-0.05, 0) is 24.2 Å². The SMILES string of the molecule is CCN(CC)C[C@H]1C(=O)O[C@@H](c2ccccc2)[C@@H]1c1ccccc1. The van der Waals surface area contributed by atoms with Gasteiger partial charge in [0.15, 0.2) is 0 Å². The van der Waals surface area contributed by atoms with Crippen molar-refractivity contribution in [3.05, 3.63) is 71.8 Å². The van der Waals surface area contributed by atoms with E-state index in [0.29, 0.717) is 0 Å². The summed E-state index contributed by atoms with van der Waals surface area (Å²) in [5, 5.41) is 0. The molecular weight excluding hydrogens is 298 g/mol. The summed E-state index contributed by atoms with van der Waals surface area (Å²) in [7, 11) is 0. The topological polar surface area (TPSA) is 29.5 Å². The molecule has 0 aliphatic carbocycles. The first kappa shape index (κ1) is 16.7. The summed E-state index contributed by atoms with van der Waals surface area (Å²) in [6.07, 6.45) is -0.207. The normalized spacial score (nSPS) is 23.5. The second-order valence-electron chi connectivity index (χ2n) is 6.30. The number of carbonyl (C=O) groups is 1. The third-order valence-corrected chi connectivity index (χ3v) is 4.97. The molecule has 1 fully saturated rings. The maximum absolute atomic E-state index is 12.7. The summed E-state index contributed by atoms with van der Waals surface area (Å²) in [6.45, 7) is 6.90. The lowest BCUT2D eigenvalue weighted by molar-refractivity contribution is -0.144. The summed E-state index contributed by atoms with van der Waals surface area (Å²) < 4.78 is 5.85. The molecular formula is C21H25NO2. The predicted octanol–water partition coefficient (Wildman–Crippen LogP) is 4.03. The minimum atomic E-state index is -0.207. The van der Waals surface area contributed by atoms with E-state index in [4.69, 9.17) is 4.74 Å². The molecule has 0 spiro atoms. The van der Waals surface area contributed by atoms with Gasteiger partial charge in [-0.2, -0.15) is 0 Å². The highest BCUT2D eigenvalue weighted by molar-refractivity contribution is 5.77. The molecule has 24 heavy (non-hydrogen) atoms. The van der Waals surface area contributed by atoms with Crippen molar-refractivity contribution in [1.29, 1.82) is 0 Å². The lowest BCUT2D eigenvalue weighted by atomic mass is 9.81. The van der Waals surface area contributed by atoms with Crippen LogP contribution >= 0.6 is 0 Å². The molecule has 1 heterocycles. The molecule has 2 aromatic carbocycles. The zero-order chi connectivity index (χ0) is 16.9. The highest BCUT2D eigenvalue weighted by atomic mass is 16.6. The Morgan fingerprint density at radius 1 is 0.875 bits per heavy atom. The van der Waals surface area contributed by atoms with Crippen molar-refractivity contribution in [3.63, 3.8) is 0 Å². The summed E-state index contributed by atoms with van der Waals surface area (Å²) in [4.78, 5) is 15.0. The minimum absolute atomic E-state index is 0.0571. The lowest BCUT2D eigenvalue weighted by Gasteiger charge is -2.26. The molecule has 3 nitrogen and oxygen atoms in total. The fourth-order valence-electron chi connectivity index (χ4n) is 3.59. The van der Waals surface area contributed by atoms with Crippen LogP contribution in [0.5, 0.6) is 0 Å². The van der Waals surface area contributed by atoms with E-state index in [1.54, 1.807) is 0 Å². The third-order valence-electron chi connectivity index (χ3n) is 4.97. The van der Waals surface area contributed by atoms with Crippen LogP contribution in [-0.4, -0.2) is 30.5 Å². The van der Waals surface area contributed by atoms with Crippen LogP contribution in [0.15, 0.2) is 60.7 Å². The van der Waals surface area contributed by atoms with Crippen LogP contribution in [0, 0.1) is 5.92 Å². The Balaban J connectivity index is 1.97. The van der Waals surface area contributed by atoms with Crippen LogP contribution < -0.4 is 0 Å². The van der Waals surface area contributed by atoms with Gasteiger partial charge in [-0.15, -0.1) is 0 Å². The van der Waals surface area contributed by atoms with Crippen molar-refractivity contribution in [2.45, 2.75) is 25.9 Å². The van der Waals surface area contributed by atoms with Gasteiger partial charge in [0.2, 0.25) is 0 Å². The third kappa shape index (κ3) is 3.36. The highest BCUT2D eigenvalue weighted by Gasteiger charge is 2.46. The minimum Gasteiger partial charge on any atom is -0.457 e. The molecule has 1 aliphatic rings. The number of nitrogens with zero attached hydrogens (tertiary/aromatic N) is 1. The fourth-order valence-corrected chi connectivity index (χ4v) is 3.59. The van der Waals surface area contributed by atoms with Crippen molar-refractivity contribution in [2.75, 3.05) is 19.6 Å². The van der Waals surface area contributed by atoms with Crippen LogP contribution in [0.2, 0.25) is 0 Å². The van der Waals surface area contributed by atoms with Gasteiger partial charge >= 0.3 is 5.97 Å². The van der Waals surface area contributed by atoms with E-state index in [0.717, 1.165) is 25.2 Å². The van der Waals surface area contributed by atoms with Crippen LogP contribution in [0.25, 0.3) is 0 Å². The predicted molar refractivity (Wildman–Crippen MR) is 95.7 cm³/mol. The molecule has 126 valence electrons.